The van der Waals surface area contributed by atoms with Crippen molar-refractivity contribution in [1.82, 2.24) is 9.21 Å². The molecule has 1 heterocycles. The lowest BCUT2D eigenvalue weighted by atomic mass is 9.80. The molecule has 1 amide bonds. The Morgan fingerprint density at radius 3 is 2.54 bits per heavy atom. The highest BCUT2D eigenvalue weighted by atomic mass is 35.5. The number of hydrogen-bond donors (Lipinski definition) is 2. The van der Waals surface area contributed by atoms with Crippen LogP contribution in [0, 0.1) is 5.41 Å². The summed E-state index contributed by atoms with van der Waals surface area (Å²) in [5.41, 5.74) is 6.60. The van der Waals surface area contributed by atoms with E-state index < -0.39 is 10.0 Å². The van der Waals surface area contributed by atoms with Crippen LogP contribution in [0.15, 0.2) is 29.2 Å². The molecule has 0 saturated carbocycles. The monoisotopic (exact) mass is 432 g/mol. The fourth-order valence-electron chi connectivity index (χ4n) is 3.47. The number of nitrogens with one attached hydrogen (secondary N) is 1. The van der Waals surface area contributed by atoms with Crippen molar-refractivity contribution < 1.29 is 13.2 Å². The van der Waals surface area contributed by atoms with Gasteiger partial charge in [-0.15, -0.1) is 12.4 Å². The lowest BCUT2D eigenvalue weighted by molar-refractivity contribution is -0.118. The van der Waals surface area contributed by atoms with Crippen molar-refractivity contribution in [2.75, 3.05) is 38.0 Å². The van der Waals surface area contributed by atoms with Gasteiger partial charge in [0.2, 0.25) is 15.9 Å². The SMILES string of the molecule is CCN(CC)S(=O)(=O)c1cccc(NC(=O)CN2CCC(N)C(C)(C)C2)c1.Cl. The lowest BCUT2D eigenvalue weighted by Gasteiger charge is -2.42. The van der Waals surface area contributed by atoms with Gasteiger partial charge in [-0.05, 0) is 30.0 Å². The van der Waals surface area contributed by atoms with Crippen LogP contribution in [-0.4, -0.2) is 62.3 Å². The van der Waals surface area contributed by atoms with Crippen LogP contribution in [0.2, 0.25) is 0 Å². The van der Waals surface area contributed by atoms with Crippen LogP contribution in [-0.2, 0) is 14.8 Å². The van der Waals surface area contributed by atoms with Gasteiger partial charge in [-0.1, -0.05) is 33.8 Å². The molecule has 1 aliphatic rings. The molecule has 1 saturated heterocycles. The third-order valence-corrected chi connectivity index (χ3v) is 7.27. The van der Waals surface area contributed by atoms with E-state index in [-0.39, 0.29) is 41.2 Å². The molecule has 0 spiro atoms. The van der Waals surface area contributed by atoms with E-state index in [9.17, 15) is 13.2 Å². The molecule has 28 heavy (non-hydrogen) atoms. The third-order valence-electron chi connectivity index (χ3n) is 5.22. The summed E-state index contributed by atoms with van der Waals surface area (Å²) >= 11 is 0. The average molecular weight is 433 g/mol. The van der Waals surface area contributed by atoms with Gasteiger partial charge in [-0.25, -0.2) is 8.42 Å². The summed E-state index contributed by atoms with van der Waals surface area (Å²) < 4.78 is 26.7. The van der Waals surface area contributed by atoms with Gasteiger partial charge in [0.05, 0.1) is 11.4 Å². The standard InChI is InChI=1S/C19H32N4O3S.ClH/c1-5-23(6-2)27(25,26)16-9-7-8-15(12-16)21-18(24)13-22-11-10-17(20)19(3,4)14-22;/h7-9,12,17H,5-6,10-11,13-14,20H2,1-4H3,(H,21,24);1H. The molecule has 1 atom stereocenters. The molecule has 1 aromatic rings. The number of hydrogen-bond acceptors (Lipinski definition) is 5. The Balaban J connectivity index is 0.00000392. The van der Waals surface area contributed by atoms with Gasteiger partial charge in [0.1, 0.15) is 0 Å². The van der Waals surface area contributed by atoms with Gasteiger partial charge in [0.15, 0.2) is 0 Å². The number of nitrogens with zero attached hydrogens (tertiary/aromatic N) is 2. The Bertz CT molecular complexity index is 766. The van der Waals surface area contributed by atoms with E-state index in [0.29, 0.717) is 18.8 Å². The van der Waals surface area contributed by atoms with Crippen molar-refractivity contribution >= 4 is 34.0 Å². The van der Waals surface area contributed by atoms with Crippen LogP contribution < -0.4 is 11.1 Å². The van der Waals surface area contributed by atoms with Crippen molar-refractivity contribution in [3.05, 3.63) is 24.3 Å². The first-order valence-electron chi connectivity index (χ1n) is 9.48. The maximum absolute atomic E-state index is 12.6. The number of benzene rings is 1. The van der Waals surface area contributed by atoms with Crippen molar-refractivity contribution in [3.8, 4) is 0 Å². The Morgan fingerprint density at radius 1 is 1.32 bits per heavy atom. The van der Waals surface area contributed by atoms with Gasteiger partial charge in [-0.3, -0.25) is 9.69 Å². The summed E-state index contributed by atoms with van der Waals surface area (Å²) in [5.74, 6) is -0.154. The summed E-state index contributed by atoms with van der Waals surface area (Å²) in [4.78, 5) is 14.7. The summed E-state index contributed by atoms with van der Waals surface area (Å²) in [6.45, 7) is 10.5. The fraction of sp³-hybridized carbons (Fsp3) is 0.632. The van der Waals surface area contributed by atoms with Crippen molar-refractivity contribution in [3.63, 3.8) is 0 Å². The number of halogens is 1. The minimum atomic E-state index is -3.55. The first-order chi connectivity index (χ1) is 12.6. The Labute approximate surface area is 175 Å². The largest absolute Gasteiger partial charge is 0.327 e. The van der Waals surface area contributed by atoms with E-state index in [1.165, 1.54) is 10.4 Å². The zero-order chi connectivity index (χ0) is 20.2. The molecule has 1 fully saturated rings. The third kappa shape index (κ3) is 5.90. The van der Waals surface area contributed by atoms with Crippen molar-refractivity contribution in [2.24, 2.45) is 11.1 Å². The number of carbonyl (C=O) groups excluding carboxylic acids is 1. The maximum Gasteiger partial charge on any atom is 0.243 e. The van der Waals surface area contributed by atoms with Crippen LogP contribution in [0.4, 0.5) is 5.69 Å². The van der Waals surface area contributed by atoms with Crippen LogP contribution in [0.5, 0.6) is 0 Å². The fourth-order valence-corrected chi connectivity index (χ4v) is 4.97. The normalized spacial score (nSPS) is 19.9. The summed E-state index contributed by atoms with van der Waals surface area (Å²) in [5, 5.41) is 2.82. The van der Waals surface area contributed by atoms with E-state index in [1.54, 1.807) is 32.0 Å². The molecule has 9 heteroatoms. The molecule has 1 unspecified atom stereocenters. The molecule has 1 aliphatic heterocycles. The van der Waals surface area contributed by atoms with E-state index >= 15 is 0 Å². The van der Waals surface area contributed by atoms with Gasteiger partial charge < -0.3 is 11.1 Å². The maximum atomic E-state index is 12.6. The van der Waals surface area contributed by atoms with Gasteiger partial charge in [0, 0.05) is 37.9 Å². The molecular formula is C19H33ClN4O3S. The van der Waals surface area contributed by atoms with Crippen molar-refractivity contribution in [2.45, 2.75) is 45.1 Å². The first kappa shape index (κ1) is 24.8. The van der Waals surface area contributed by atoms with Crippen LogP contribution in [0.1, 0.15) is 34.1 Å². The molecule has 2 rings (SSSR count). The second-order valence-electron chi connectivity index (χ2n) is 7.76. The van der Waals surface area contributed by atoms with E-state index in [0.717, 1.165) is 19.5 Å². The molecule has 0 aromatic heterocycles. The highest BCUT2D eigenvalue weighted by molar-refractivity contribution is 7.89. The lowest BCUT2D eigenvalue weighted by Crippen LogP contribution is -2.53. The second-order valence-corrected chi connectivity index (χ2v) is 9.70. The second kappa shape index (κ2) is 10.0. The summed E-state index contributed by atoms with van der Waals surface area (Å²) in [7, 11) is -3.55. The van der Waals surface area contributed by atoms with Gasteiger partial charge in [0.25, 0.3) is 0 Å². The molecule has 7 nitrogen and oxygen atoms in total. The van der Waals surface area contributed by atoms with E-state index in [4.69, 9.17) is 5.73 Å². The van der Waals surface area contributed by atoms with Crippen LogP contribution in [0.3, 0.4) is 0 Å². The number of rotatable bonds is 7. The Morgan fingerprint density at radius 2 is 1.96 bits per heavy atom. The highest BCUT2D eigenvalue weighted by Crippen LogP contribution is 2.27. The number of nitrogens with two attached hydrogens (primary N) is 1. The van der Waals surface area contributed by atoms with Crippen molar-refractivity contribution in [1.29, 1.82) is 0 Å². The quantitative estimate of drug-likeness (QED) is 0.688. The first-order valence-corrected chi connectivity index (χ1v) is 10.9. The summed E-state index contributed by atoms with van der Waals surface area (Å²) in [6, 6.07) is 6.56. The average Bonchev–Trinajstić information content (AvgIpc) is 2.59. The van der Waals surface area contributed by atoms with Gasteiger partial charge >= 0.3 is 0 Å². The molecule has 0 bridgehead atoms. The van der Waals surface area contributed by atoms with Gasteiger partial charge in [-0.2, -0.15) is 4.31 Å². The number of carbonyl (C=O) groups is 1. The number of amides is 1. The minimum absolute atomic E-state index is 0. The molecule has 0 radical (unpaired) electrons. The van der Waals surface area contributed by atoms with Crippen LogP contribution in [0.25, 0.3) is 0 Å². The van der Waals surface area contributed by atoms with Crippen LogP contribution >= 0.6 is 12.4 Å². The Hall–Kier alpha value is -1.19. The number of likely N-dealkylation sites (tertiary alicyclic amines) is 1. The number of anilines is 1. The van der Waals surface area contributed by atoms with E-state index in [1.807, 2.05) is 0 Å². The zero-order valence-electron chi connectivity index (χ0n) is 17.1. The minimum Gasteiger partial charge on any atom is -0.327 e. The molecule has 1 aromatic carbocycles. The predicted octanol–water partition coefficient (Wildman–Crippen LogP) is 2.14. The highest BCUT2D eigenvalue weighted by Gasteiger charge is 2.33. The van der Waals surface area contributed by atoms with E-state index in [2.05, 4.69) is 24.1 Å². The Kier molecular flexibility index (Phi) is 8.90. The zero-order valence-corrected chi connectivity index (χ0v) is 18.8. The smallest absolute Gasteiger partial charge is 0.243 e. The molecule has 3 N–H and O–H groups in total. The molecule has 0 aliphatic carbocycles. The number of sulfonamides is 1. The summed E-state index contributed by atoms with van der Waals surface area (Å²) in [6.07, 6.45) is 0.859. The number of piperidine rings is 1. The molecule has 160 valence electrons. The molecular weight excluding hydrogens is 400 g/mol. The topological polar surface area (TPSA) is 95.7 Å². The predicted molar refractivity (Wildman–Crippen MR) is 115 cm³/mol.